The third-order valence-electron chi connectivity index (χ3n) is 4.15. The van der Waals surface area contributed by atoms with E-state index in [-0.39, 0.29) is 0 Å². The van der Waals surface area contributed by atoms with Crippen LogP contribution in [0.4, 0.5) is 5.82 Å². The van der Waals surface area contributed by atoms with E-state index in [0.717, 1.165) is 32.7 Å². The van der Waals surface area contributed by atoms with Crippen LogP contribution in [0, 0.1) is 0 Å². The quantitative estimate of drug-likeness (QED) is 0.553. The predicted octanol–water partition coefficient (Wildman–Crippen LogP) is 3.77. The smallest absolute Gasteiger partial charge is 0.175 e. The number of nitrogens with zero attached hydrogens (tertiary/aromatic N) is 3. The molecule has 3 aromatic heterocycles. The topological polar surface area (TPSA) is 84.8 Å². The first-order valence-electron chi connectivity index (χ1n) is 8.18. The third-order valence-corrected chi connectivity index (χ3v) is 6.15. The first kappa shape index (κ1) is 17.6. The molecule has 0 saturated carbocycles. The van der Waals surface area contributed by atoms with E-state index >= 15 is 0 Å². The number of hydrogen-bond acceptors (Lipinski definition) is 7. The Kier molecular flexibility index (Phi) is 4.59. The number of aromatic nitrogens is 3. The van der Waals surface area contributed by atoms with E-state index in [9.17, 15) is 8.42 Å². The van der Waals surface area contributed by atoms with Crippen molar-refractivity contribution in [1.29, 1.82) is 0 Å². The Morgan fingerprint density at radius 2 is 1.93 bits per heavy atom. The molecule has 8 heteroatoms. The predicted molar refractivity (Wildman–Crippen MR) is 108 cm³/mol. The molecule has 0 unspecified atom stereocenters. The number of anilines is 1. The van der Waals surface area contributed by atoms with E-state index in [1.165, 1.54) is 23.9 Å². The van der Waals surface area contributed by atoms with Crippen molar-refractivity contribution in [3.05, 3.63) is 66.1 Å². The molecule has 0 spiro atoms. The van der Waals surface area contributed by atoms with Crippen LogP contribution < -0.4 is 5.32 Å². The Labute approximate surface area is 160 Å². The summed E-state index contributed by atoms with van der Waals surface area (Å²) < 4.78 is 23.8. The molecule has 0 amide bonds. The van der Waals surface area contributed by atoms with Crippen LogP contribution in [0.2, 0.25) is 0 Å². The highest BCUT2D eigenvalue weighted by Gasteiger charge is 2.15. The molecule has 0 aliphatic heterocycles. The van der Waals surface area contributed by atoms with Crippen molar-refractivity contribution in [3.63, 3.8) is 0 Å². The van der Waals surface area contributed by atoms with Gasteiger partial charge in [-0.1, -0.05) is 12.1 Å². The summed E-state index contributed by atoms with van der Waals surface area (Å²) in [6, 6.07) is 10.8. The van der Waals surface area contributed by atoms with E-state index in [0.29, 0.717) is 11.4 Å². The molecule has 3 heterocycles. The maximum atomic E-state index is 11.9. The second-order valence-corrected chi connectivity index (χ2v) is 8.93. The number of nitrogens with one attached hydrogen (secondary N) is 1. The molecule has 1 aromatic carbocycles. The van der Waals surface area contributed by atoms with Crippen molar-refractivity contribution in [2.45, 2.75) is 11.4 Å². The zero-order chi connectivity index (χ0) is 18.9. The lowest BCUT2D eigenvalue weighted by Crippen LogP contribution is -2.02. The summed E-state index contributed by atoms with van der Waals surface area (Å²) in [6.07, 6.45) is 6.24. The molecule has 4 rings (SSSR count). The van der Waals surface area contributed by atoms with Crippen LogP contribution in [-0.4, -0.2) is 29.6 Å². The molecule has 0 aliphatic rings. The van der Waals surface area contributed by atoms with E-state index in [1.54, 1.807) is 30.6 Å². The summed E-state index contributed by atoms with van der Waals surface area (Å²) >= 11 is 1.51. The molecule has 0 radical (unpaired) electrons. The van der Waals surface area contributed by atoms with Crippen molar-refractivity contribution in [1.82, 2.24) is 15.0 Å². The average molecular weight is 396 g/mol. The molecule has 4 aromatic rings. The van der Waals surface area contributed by atoms with Crippen molar-refractivity contribution in [2.75, 3.05) is 11.6 Å². The maximum Gasteiger partial charge on any atom is 0.175 e. The second-order valence-electron chi connectivity index (χ2n) is 6.06. The Balaban J connectivity index is 1.77. The van der Waals surface area contributed by atoms with E-state index < -0.39 is 9.84 Å². The first-order valence-corrected chi connectivity index (χ1v) is 10.9. The van der Waals surface area contributed by atoms with E-state index in [4.69, 9.17) is 0 Å². The van der Waals surface area contributed by atoms with Gasteiger partial charge in [-0.15, -0.1) is 11.3 Å². The van der Waals surface area contributed by atoms with Crippen molar-refractivity contribution in [2.24, 2.45) is 0 Å². The van der Waals surface area contributed by atoms with Gasteiger partial charge in [0.1, 0.15) is 17.0 Å². The molecule has 27 heavy (non-hydrogen) atoms. The minimum atomic E-state index is -3.28. The van der Waals surface area contributed by atoms with Gasteiger partial charge in [0.15, 0.2) is 9.84 Å². The summed E-state index contributed by atoms with van der Waals surface area (Å²) in [5, 5.41) is 6.23. The number of benzene rings is 1. The van der Waals surface area contributed by atoms with Gasteiger partial charge in [-0.25, -0.2) is 18.4 Å². The summed E-state index contributed by atoms with van der Waals surface area (Å²) in [5.74, 6) is 0.720. The third kappa shape index (κ3) is 3.67. The Bertz CT molecular complexity index is 1200. The molecule has 136 valence electrons. The maximum absolute atomic E-state index is 11.9. The lowest BCUT2D eigenvalue weighted by molar-refractivity contribution is 0.602. The van der Waals surface area contributed by atoms with Gasteiger partial charge in [-0.3, -0.25) is 4.98 Å². The SMILES string of the molecule is CS(=O)(=O)c1cccc(-c2csc3ncnc(NCc4ccncc4)c23)c1. The molecular weight excluding hydrogens is 380 g/mol. The van der Waals surface area contributed by atoms with E-state index in [2.05, 4.69) is 20.3 Å². The van der Waals surface area contributed by atoms with Gasteiger partial charge in [0.2, 0.25) is 0 Å². The van der Waals surface area contributed by atoms with Crippen LogP contribution >= 0.6 is 11.3 Å². The van der Waals surface area contributed by atoms with Gasteiger partial charge in [0, 0.05) is 36.1 Å². The fourth-order valence-electron chi connectivity index (χ4n) is 2.80. The Morgan fingerprint density at radius 3 is 2.70 bits per heavy atom. The molecule has 0 aliphatic carbocycles. The van der Waals surface area contributed by atoms with Gasteiger partial charge in [-0.05, 0) is 35.4 Å². The van der Waals surface area contributed by atoms with Gasteiger partial charge in [-0.2, -0.15) is 0 Å². The minimum absolute atomic E-state index is 0.294. The van der Waals surface area contributed by atoms with Crippen LogP contribution in [0.1, 0.15) is 5.56 Å². The molecular formula is C19H16N4O2S2. The normalized spacial score (nSPS) is 11.6. The number of rotatable bonds is 5. The summed E-state index contributed by atoms with van der Waals surface area (Å²) in [4.78, 5) is 13.9. The molecule has 0 atom stereocenters. The standard InChI is InChI=1S/C19H16N4O2S2/c1-27(24,25)15-4-2-3-14(9-15)16-11-26-19-17(16)18(22-12-23-19)21-10-13-5-7-20-8-6-13/h2-9,11-12H,10H2,1H3,(H,21,22,23). The second kappa shape index (κ2) is 7.05. The van der Waals surface area contributed by atoms with Crippen molar-refractivity contribution >= 4 is 37.2 Å². The molecule has 0 bridgehead atoms. The largest absolute Gasteiger partial charge is 0.365 e. The Hall–Kier alpha value is -2.84. The lowest BCUT2D eigenvalue weighted by atomic mass is 10.1. The summed E-state index contributed by atoms with van der Waals surface area (Å²) in [5.41, 5.74) is 2.83. The Morgan fingerprint density at radius 1 is 1.11 bits per heavy atom. The van der Waals surface area contributed by atoms with Gasteiger partial charge in [0.25, 0.3) is 0 Å². The van der Waals surface area contributed by atoms with E-state index in [1.807, 2.05) is 23.6 Å². The zero-order valence-corrected chi connectivity index (χ0v) is 16.1. The van der Waals surface area contributed by atoms with Crippen LogP contribution in [0.3, 0.4) is 0 Å². The number of pyridine rings is 1. The molecule has 0 fully saturated rings. The monoisotopic (exact) mass is 396 g/mol. The number of hydrogen-bond donors (Lipinski definition) is 1. The van der Waals surface area contributed by atoms with Crippen molar-refractivity contribution in [3.8, 4) is 11.1 Å². The van der Waals surface area contributed by atoms with Crippen LogP contribution in [0.25, 0.3) is 21.3 Å². The molecule has 1 N–H and O–H groups in total. The van der Waals surface area contributed by atoms with Gasteiger partial charge >= 0.3 is 0 Å². The first-order chi connectivity index (χ1) is 13.0. The van der Waals surface area contributed by atoms with Gasteiger partial charge < -0.3 is 5.32 Å². The van der Waals surface area contributed by atoms with Crippen LogP contribution in [0.5, 0.6) is 0 Å². The molecule has 0 saturated heterocycles. The highest BCUT2D eigenvalue weighted by molar-refractivity contribution is 7.90. The number of fused-ring (bicyclic) bond motifs is 1. The summed E-state index contributed by atoms with van der Waals surface area (Å²) in [7, 11) is -3.28. The highest BCUT2D eigenvalue weighted by atomic mass is 32.2. The number of thiophene rings is 1. The fraction of sp³-hybridized carbons (Fsp3) is 0.105. The average Bonchev–Trinajstić information content (AvgIpc) is 3.11. The summed E-state index contributed by atoms with van der Waals surface area (Å²) in [6.45, 7) is 0.604. The molecule has 6 nitrogen and oxygen atoms in total. The minimum Gasteiger partial charge on any atom is -0.365 e. The zero-order valence-electron chi connectivity index (χ0n) is 14.5. The fourth-order valence-corrected chi connectivity index (χ4v) is 4.39. The van der Waals surface area contributed by atoms with Crippen LogP contribution in [-0.2, 0) is 16.4 Å². The van der Waals surface area contributed by atoms with Crippen molar-refractivity contribution < 1.29 is 8.42 Å². The van der Waals surface area contributed by atoms with Crippen LogP contribution in [0.15, 0.2) is 65.4 Å². The lowest BCUT2D eigenvalue weighted by Gasteiger charge is -2.09. The van der Waals surface area contributed by atoms with Gasteiger partial charge in [0.05, 0.1) is 10.3 Å². The number of sulfone groups is 1. The highest BCUT2D eigenvalue weighted by Crippen LogP contribution is 2.37.